The van der Waals surface area contributed by atoms with Gasteiger partial charge in [-0.15, -0.1) is 0 Å². The van der Waals surface area contributed by atoms with E-state index in [1.54, 1.807) is 19.3 Å². The Hall–Kier alpha value is -2.86. The van der Waals surface area contributed by atoms with Crippen molar-refractivity contribution in [2.24, 2.45) is 0 Å². The third-order valence-electron chi connectivity index (χ3n) is 6.14. The van der Waals surface area contributed by atoms with Crippen molar-refractivity contribution in [3.63, 3.8) is 0 Å². The fraction of sp³-hybridized carbons (Fsp3) is 0.375. The number of amides is 1. The predicted molar refractivity (Wildman–Crippen MR) is 117 cm³/mol. The Kier molecular flexibility index (Phi) is 5.77. The van der Waals surface area contributed by atoms with E-state index in [9.17, 15) is 9.18 Å². The van der Waals surface area contributed by atoms with E-state index in [2.05, 4.69) is 4.90 Å². The molecule has 2 aromatic rings. The summed E-state index contributed by atoms with van der Waals surface area (Å²) in [5.74, 6) is 0.571. The number of fused-ring (bicyclic) bond motifs is 2. The maximum Gasteiger partial charge on any atom is 0.247 e. The number of methoxy groups -OCH3 is 1. The number of likely N-dealkylation sites (tertiary alicyclic amines) is 1. The van der Waals surface area contributed by atoms with Crippen molar-refractivity contribution in [3.05, 3.63) is 65.0 Å². The lowest BCUT2D eigenvalue weighted by Crippen LogP contribution is -2.55. The van der Waals surface area contributed by atoms with Gasteiger partial charge in [-0.05, 0) is 61.2 Å². The molecule has 0 radical (unpaired) electrons. The van der Waals surface area contributed by atoms with E-state index in [0.717, 1.165) is 54.9 Å². The first-order chi connectivity index (χ1) is 14.4. The summed E-state index contributed by atoms with van der Waals surface area (Å²) in [6.07, 6.45) is 5.45. The number of anilines is 1. The van der Waals surface area contributed by atoms with Gasteiger partial charge in [0.25, 0.3) is 0 Å². The molecule has 158 valence electrons. The number of ether oxygens (including phenoxy) is 1. The molecule has 6 heteroatoms. The Morgan fingerprint density at radius 3 is 2.50 bits per heavy atom. The van der Waals surface area contributed by atoms with Gasteiger partial charge in [0, 0.05) is 49.0 Å². The van der Waals surface area contributed by atoms with Crippen molar-refractivity contribution in [3.8, 4) is 5.75 Å². The smallest absolute Gasteiger partial charge is 0.247 e. The number of piperazine rings is 1. The van der Waals surface area contributed by atoms with E-state index in [1.807, 2.05) is 36.1 Å². The Labute approximate surface area is 176 Å². The van der Waals surface area contributed by atoms with E-state index in [-0.39, 0.29) is 23.8 Å². The fourth-order valence-electron chi connectivity index (χ4n) is 4.66. The molecule has 2 bridgehead atoms. The average molecular weight is 410 g/mol. The van der Waals surface area contributed by atoms with Crippen molar-refractivity contribution >= 4 is 17.7 Å². The monoisotopic (exact) mass is 409 g/mol. The van der Waals surface area contributed by atoms with Crippen molar-refractivity contribution in [2.45, 2.75) is 38.4 Å². The van der Waals surface area contributed by atoms with Crippen LogP contribution in [0.2, 0.25) is 0 Å². The first kappa shape index (κ1) is 20.4. The van der Waals surface area contributed by atoms with Crippen LogP contribution in [-0.4, -0.2) is 48.0 Å². The largest absolute Gasteiger partial charge is 0.496 e. The Morgan fingerprint density at radius 1 is 1.20 bits per heavy atom. The molecule has 2 heterocycles. The summed E-state index contributed by atoms with van der Waals surface area (Å²) < 4.78 is 18.5. The number of nitrogens with zero attached hydrogens (tertiary/aromatic N) is 2. The summed E-state index contributed by atoms with van der Waals surface area (Å²) in [6, 6.07) is 10.8. The lowest BCUT2D eigenvalue weighted by molar-refractivity contribution is -0.131. The Balaban J connectivity index is 1.42. The van der Waals surface area contributed by atoms with Crippen LogP contribution >= 0.6 is 0 Å². The molecule has 2 fully saturated rings. The second kappa shape index (κ2) is 8.48. The van der Waals surface area contributed by atoms with Gasteiger partial charge in [0.15, 0.2) is 0 Å². The average Bonchev–Trinajstić information content (AvgIpc) is 2.99. The van der Waals surface area contributed by atoms with Crippen LogP contribution in [-0.2, 0) is 11.3 Å². The van der Waals surface area contributed by atoms with Crippen LogP contribution in [0.3, 0.4) is 0 Å². The van der Waals surface area contributed by atoms with E-state index in [4.69, 9.17) is 10.5 Å². The predicted octanol–water partition coefficient (Wildman–Crippen LogP) is 3.61. The van der Waals surface area contributed by atoms with Crippen molar-refractivity contribution in [1.82, 2.24) is 9.80 Å². The number of hydrogen-bond acceptors (Lipinski definition) is 4. The molecule has 30 heavy (non-hydrogen) atoms. The van der Waals surface area contributed by atoms with E-state index in [0.29, 0.717) is 5.69 Å². The number of nitrogen functional groups attached to an aromatic ring is 1. The SMILES string of the molecule is COc1cc(/C=C/C(=O)N2C3CCC2CN(Cc2ccc(F)cc2)C3)c(N)cc1C. The summed E-state index contributed by atoms with van der Waals surface area (Å²) in [5, 5.41) is 0. The maximum absolute atomic E-state index is 13.1. The third-order valence-corrected chi connectivity index (χ3v) is 6.14. The lowest BCUT2D eigenvalue weighted by Gasteiger charge is -2.40. The van der Waals surface area contributed by atoms with E-state index in [1.165, 1.54) is 12.1 Å². The molecule has 4 rings (SSSR count). The molecule has 2 aliphatic heterocycles. The minimum absolute atomic E-state index is 0.0304. The van der Waals surface area contributed by atoms with Crippen LogP contribution in [0.15, 0.2) is 42.5 Å². The highest BCUT2D eigenvalue weighted by atomic mass is 19.1. The van der Waals surface area contributed by atoms with Gasteiger partial charge < -0.3 is 15.4 Å². The summed E-state index contributed by atoms with van der Waals surface area (Å²) in [7, 11) is 1.63. The molecule has 0 aromatic heterocycles. The van der Waals surface area contributed by atoms with E-state index < -0.39 is 0 Å². The summed E-state index contributed by atoms with van der Waals surface area (Å²) >= 11 is 0. The molecule has 2 atom stereocenters. The number of carbonyl (C=O) groups is 1. The van der Waals surface area contributed by atoms with Crippen LogP contribution in [0.5, 0.6) is 5.75 Å². The zero-order chi connectivity index (χ0) is 21.3. The zero-order valence-electron chi connectivity index (χ0n) is 17.5. The van der Waals surface area contributed by atoms with E-state index >= 15 is 0 Å². The number of benzene rings is 2. The standard InChI is InChI=1S/C24H28FN3O2/c1-16-11-22(26)18(12-23(16)30-2)5-10-24(29)28-20-8-9-21(28)15-27(14-20)13-17-3-6-19(25)7-4-17/h3-7,10-12,20-21H,8-9,13-15,26H2,1-2H3/b10-5+. The lowest BCUT2D eigenvalue weighted by atomic mass is 10.1. The van der Waals surface area contributed by atoms with Gasteiger partial charge in [-0.3, -0.25) is 9.69 Å². The maximum atomic E-state index is 13.1. The number of carbonyl (C=O) groups excluding carboxylic acids is 1. The molecule has 2 N–H and O–H groups in total. The van der Waals surface area contributed by atoms with Crippen LogP contribution in [0.25, 0.3) is 6.08 Å². The molecule has 0 saturated carbocycles. The third kappa shape index (κ3) is 4.19. The zero-order valence-corrected chi connectivity index (χ0v) is 17.5. The summed E-state index contributed by atoms with van der Waals surface area (Å²) in [5.41, 5.74) is 9.59. The highest BCUT2D eigenvalue weighted by molar-refractivity contribution is 5.93. The minimum Gasteiger partial charge on any atom is -0.496 e. The molecular formula is C24H28FN3O2. The van der Waals surface area contributed by atoms with Crippen molar-refractivity contribution < 1.29 is 13.9 Å². The number of rotatable bonds is 5. The van der Waals surface area contributed by atoms with Crippen molar-refractivity contribution in [2.75, 3.05) is 25.9 Å². The van der Waals surface area contributed by atoms with Crippen LogP contribution in [0.1, 0.15) is 29.5 Å². The number of hydrogen-bond donors (Lipinski definition) is 1. The fourth-order valence-corrected chi connectivity index (χ4v) is 4.66. The summed E-state index contributed by atoms with van der Waals surface area (Å²) in [4.78, 5) is 17.4. The Bertz CT molecular complexity index is 944. The normalized spacial score (nSPS) is 21.4. The minimum atomic E-state index is -0.215. The van der Waals surface area contributed by atoms with Gasteiger partial charge >= 0.3 is 0 Å². The van der Waals surface area contributed by atoms with Crippen LogP contribution < -0.4 is 10.5 Å². The van der Waals surface area contributed by atoms with Crippen LogP contribution in [0, 0.1) is 12.7 Å². The first-order valence-electron chi connectivity index (χ1n) is 10.4. The number of nitrogens with two attached hydrogens (primary N) is 1. The second-order valence-electron chi connectivity index (χ2n) is 8.24. The molecule has 5 nitrogen and oxygen atoms in total. The molecule has 1 amide bonds. The molecule has 2 aliphatic rings. The highest BCUT2D eigenvalue weighted by Crippen LogP contribution is 2.32. The van der Waals surface area contributed by atoms with Gasteiger partial charge in [-0.2, -0.15) is 0 Å². The van der Waals surface area contributed by atoms with Crippen LogP contribution in [0.4, 0.5) is 10.1 Å². The van der Waals surface area contributed by atoms with Crippen molar-refractivity contribution in [1.29, 1.82) is 0 Å². The molecule has 0 spiro atoms. The number of aryl methyl sites for hydroxylation is 1. The molecule has 2 unspecified atom stereocenters. The Morgan fingerprint density at radius 2 is 1.87 bits per heavy atom. The van der Waals surface area contributed by atoms with Gasteiger partial charge in [0.2, 0.25) is 5.91 Å². The van der Waals surface area contributed by atoms with Gasteiger partial charge in [-0.25, -0.2) is 4.39 Å². The summed E-state index contributed by atoms with van der Waals surface area (Å²) in [6.45, 7) is 4.41. The molecule has 2 aromatic carbocycles. The topological polar surface area (TPSA) is 58.8 Å². The molecule has 0 aliphatic carbocycles. The van der Waals surface area contributed by atoms with Gasteiger partial charge in [-0.1, -0.05) is 12.1 Å². The molecule has 2 saturated heterocycles. The first-order valence-corrected chi connectivity index (χ1v) is 10.4. The second-order valence-corrected chi connectivity index (χ2v) is 8.24. The quantitative estimate of drug-likeness (QED) is 0.605. The molecular weight excluding hydrogens is 381 g/mol. The number of halogens is 1. The van der Waals surface area contributed by atoms with Gasteiger partial charge in [0.05, 0.1) is 7.11 Å². The van der Waals surface area contributed by atoms with Gasteiger partial charge in [0.1, 0.15) is 11.6 Å². The highest BCUT2D eigenvalue weighted by Gasteiger charge is 2.41.